The molecule has 164 valence electrons. The highest BCUT2D eigenvalue weighted by Crippen LogP contribution is 2.28. The molecule has 1 aliphatic rings. The van der Waals surface area contributed by atoms with Crippen molar-refractivity contribution in [3.63, 3.8) is 0 Å². The lowest BCUT2D eigenvalue weighted by molar-refractivity contribution is 0.310. The molecule has 2 heterocycles. The number of nitrogens with one attached hydrogen (secondary N) is 1. The van der Waals surface area contributed by atoms with Crippen molar-refractivity contribution in [2.24, 2.45) is 4.99 Å². The first-order chi connectivity index (χ1) is 14.2. The van der Waals surface area contributed by atoms with Gasteiger partial charge in [-0.15, -0.1) is 24.0 Å². The number of rotatable bonds is 7. The molecule has 0 bridgehead atoms. The van der Waals surface area contributed by atoms with Crippen LogP contribution in [0.4, 0.5) is 5.82 Å². The van der Waals surface area contributed by atoms with Gasteiger partial charge in [-0.05, 0) is 43.7 Å². The summed E-state index contributed by atoms with van der Waals surface area (Å²) in [4.78, 5) is 14.0. The summed E-state index contributed by atoms with van der Waals surface area (Å²) in [6.45, 7) is 9.78. The largest absolute Gasteiger partial charge is 0.493 e. The normalized spacial score (nSPS) is 14.2. The van der Waals surface area contributed by atoms with Crippen LogP contribution in [-0.2, 0) is 6.54 Å². The first-order valence-electron chi connectivity index (χ1n) is 10.2. The fraction of sp³-hybridized carbons (Fsp3) is 0.455. The molecule has 0 spiro atoms. The SMILES string of the molecule is CCNC(=NCc1ccc(OC)c(OCC)c1)N1CCN(c2ccccn2)CC1.I. The second-order valence-electron chi connectivity index (χ2n) is 6.75. The van der Waals surface area contributed by atoms with E-state index in [0.717, 1.165) is 61.6 Å². The third-order valence-corrected chi connectivity index (χ3v) is 4.83. The van der Waals surface area contributed by atoms with Gasteiger partial charge >= 0.3 is 0 Å². The second kappa shape index (κ2) is 12.5. The Bertz CT molecular complexity index is 795. The van der Waals surface area contributed by atoms with Crippen LogP contribution in [0.5, 0.6) is 11.5 Å². The number of hydrogen-bond acceptors (Lipinski definition) is 5. The number of pyridine rings is 1. The highest BCUT2D eigenvalue weighted by molar-refractivity contribution is 14.0. The average Bonchev–Trinajstić information content (AvgIpc) is 2.78. The van der Waals surface area contributed by atoms with E-state index in [-0.39, 0.29) is 24.0 Å². The standard InChI is InChI=1S/C22H31N5O2.HI/c1-4-23-22(25-17-18-9-10-19(28-3)20(16-18)29-5-2)27-14-12-26(13-15-27)21-8-6-7-11-24-21;/h6-11,16H,4-5,12-15,17H2,1-3H3,(H,23,25);1H. The molecule has 3 rings (SSSR count). The van der Waals surface area contributed by atoms with Crippen molar-refractivity contribution in [2.45, 2.75) is 20.4 Å². The summed E-state index contributed by atoms with van der Waals surface area (Å²) in [6, 6.07) is 12.0. The van der Waals surface area contributed by atoms with Gasteiger partial charge in [-0.25, -0.2) is 9.98 Å². The minimum absolute atomic E-state index is 0. The minimum atomic E-state index is 0. The number of nitrogens with zero attached hydrogens (tertiary/aromatic N) is 4. The maximum atomic E-state index is 5.68. The third kappa shape index (κ3) is 6.38. The number of aliphatic imine (C=N–C) groups is 1. The predicted molar refractivity (Wildman–Crippen MR) is 132 cm³/mol. The summed E-state index contributed by atoms with van der Waals surface area (Å²) in [5.74, 6) is 3.49. The van der Waals surface area contributed by atoms with Gasteiger partial charge in [0.05, 0.1) is 20.3 Å². The van der Waals surface area contributed by atoms with Crippen LogP contribution in [-0.4, -0.2) is 62.3 Å². The first-order valence-corrected chi connectivity index (χ1v) is 10.2. The number of guanidine groups is 1. The molecule has 0 atom stereocenters. The Labute approximate surface area is 196 Å². The van der Waals surface area contributed by atoms with Gasteiger partial charge in [-0.2, -0.15) is 0 Å². The zero-order chi connectivity index (χ0) is 20.5. The number of hydrogen-bond donors (Lipinski definition) is 1. The van der Waals surface area contributed by atoms with Crippen molar-refractivity contribution in [3.05, 3.63) is 48.2 Å². The predicted octanol–water partition coefficient (Wildman–Crippen LogP) is 3.39. The van der Waals surface area contributed by atoms with Crippen LogP contribution in [0.15, 0.2) is 47.6 Å². The summed E-state index contributed by atoms with van der Waals surface area (Å²) in [6.07, 6.45) is 1.85. The van der Waals surface area contributed by atoms with E-state index in [1.54, 1.807) is 7.11 Å². The molecule has 1 N–H and O–H groups in total. The van der Waals surface area contributed by atoms with Crippen LogP contribution >= 0.6 is 24.0 Å². The number of anilines is 1. The lowest BCUT2D eigenvalue weighted by Crippen LogP contribution is -2.52. The molecule has 0 unspecified atom stereocenters. The molecule has 30 heavy (non-hydrogen) atoms. The van der Waals surface area contributed by atoms with Crippen LogP contribution in [0.2, 0.25) is 0 Å². The quantitative estimate of drug-likeness (QED) is 0.340. The summed E-state index contributed by atoms with van der Waals surface area (Å²) < 4.78 is 11.0. The van der Waals surface area contributed by atoms with Gasteiger partial charge in [-0.3, -0.25) is 0 Å². The van der Waals surface area contributed by atoms with Crippen molar-refractivity contribution in [3.8, 4) is 11.5 Å². The van der Waals surface area contributed by atoms with Crippen molar-refractivity contribution in [2.75, 3.05) is 51.3 Å². The fourth-order valence-corrected chi connectivity index (χ4v) is 3.37. The van der Waals surface area contributed by atoms with E-state index in [1.807, 2.05) is 43.5 Å². The number of halogens is 1. The Morgan fingerprint density at radius 3 is 2.53 bits per heavy atom. The molecule has 0 amide bonds. The highest BCUT2D eigenvalue weighted by atomic mass is 127. The van der Waals surface area contributed by atoms with Crippen LogP contribution in [0, 0.1) is 0 Å². The topological polar surface area (TPSA) is 62.2 Å². The molecular weight excluding hydrogens is 493 g/mol. The second-order valence-corrected chi connectivity index (χ2v) is 6.75. The van der Waals surface area contributed by atoms with E-state index >= 15 is 0 Å². The third-order valence-electron chi connectivity index (χ3n) is 4.83. The Balaban J connectivity index is 0.00000320. The van der Waals surface area contributed by atoms with Crippen molar-refractivity contribution < 1.29 is 9.47 Å². The van der Waals surface area contributed by atoms with E-state index in [4.69, 9.17) is 14.5 Å². The molecule has 1 saturated heterocycles. The smallest absolute Gasteiger partial charge is 0.194 e. The van der Waals surface area contributed by atoms with Crippen LogP contribution in [0.1, 0.15) is 19.4 Å². The van der Waals surface area contributed by atoms with E-state index in [1.165, 1.54) is 0 Å². The molecule has 0 radical (unpaired) electrons. The van der Waals surface area contributed by atoms with Crippen LogP contribution in [0.25, 0.3) is 0 Å². The number of piperazine rings is 1. The molecule has 1 aliphatic heterocycles. The molecule has 7 nitrogen and oxygen atoms in total. The minimum Gasteiger partial charge on any atom is -0.493 e. The highest BCUT2D eigenvalue weighted by Gasteiger charge is 2.20. The molecular formula is C22H32IN5O2. The monoisotopic (exact) mass is 525 g/mol. The van der Waals surface area contributed by atoms with Gasteiger partial charge in [0.15, 0.2) is 17.5 Å². The van der Waals surface area contributed by atoms with Gasteiger partial charge in [0, 0.05) is 38.9 Å². The fourth-order valence-electron chi connectivity index (χ4n) is 3.37. The Kier molecular flexibility index (Phi) is 9.99. The summed E-state index contributed by atoms with van der Waals surface area (Å²) >= 11 is 0. The van der Waals surface area contributed by atoms with E-state index in [9.17, 15) is 0 Å². The number of benzene rings is 1. The van der Waals surface area contributed by atoms with Crippen molar-refractivity contribution in [1.29, 1.82) is 0 Å². The van der Waals surface area contributed by atoms with Gasteiger partial charge in [0.2, 0.25) is 0 Å². The summed E-state index contributed by atoms with van der Waals surface area (Å²) in [5, 5.41) is 3.43. The summed E-state index contributed by atoms with van der Waals surface area (Å²) in [7, 11) is 1.66. The molecule has 8 heteroatoms. The van der Waals surface area contributed by atoms with Crippen LogP contribution in [0.3, 0.4) is 0 Å². The molecule has 0 saturated carbocycles. The molecule has 1 aromatic carbocycles. The van der Waals surface area contributed by atoms with Gasteiger partial charge in [-0.1, -0.05) is 12.1 Å². The number of ether oxygens (including phenoxy) is 2. The Morgan fingerprint density at radius 2 is 1.90 bits per heavy atom. The molecule has 2 aromatic rings. The average molecular weight is 525 g/mol. The Hall–Kier alpha value is -2.23. The van der Waals surface area contributed by atoms with Crippen molar-refractivity contribution in [1.82, 2.24) is 15.2 Å². The van der Waals surface area contributed by atoms with E-state index < -0.39 is 0 Å². The molecule has 0 aliphatic carbocycles. The lowest BCUT2D eigenvalue weighted by atomic mass is 10.2. The number of aromatic nitrogens is 1. The van der Waals surface area contributed by atoms with Crippen LogP contribution < -0.4 is 19.7 Å². The zero-order valence-corrected chi connectivity index (χ0v) is 20.3. The maximum absolute atomic E-state index is 5.68. The maximum Gasteiger partial charge on any atom is 0.194 e. The molecule has 1 aromatic heterocycles. The first kappa shape index (κ1) is 24.0. The lowest BCUT2D eigenvalue weighted by Gasteiger charge is -2.37. The van der Waals surface area contributed by atoms with Gasteiger partial charge < -0.3 is 24.6 Å². The number of methoxy groups -OCH3 is 1. The van der Waals surface area contributed by atoms with E-state index in [2.05, 4.69) is 33.1 Å². The van der Waals surface area contributed by atoms with Gasteiger partial charge in [0.25, 0.3) is 0 Å². The van der Waals surface area contributed by atoms with Crippen molar-refractivity contribution >= 4 is 35.8 Å². The van der Waals surface area contributed by atoms with Gasteiger partial charge in [0.1, 0.15) is 5.82 Å². The Morgan fingerprint density at radius 1 is 1.10 bits per heavy atom. The molecule has 1 fully saturated rings. The summed E-state index contributed by atoms with van der Waals surface area (Å²) in [5.41, 5.74) is 1.09. The zero-order valence-electron chi connectivity index (χ0n) is 18.0. The van der Waals surface area contributed by atoms with E-state index in [0.29, 0.717) is 13.2 Å².